The molecule has 1 heterocycles. The maximum absolute atomic E-state index is 12.1. The molecule has 1 amide bonds. The Labute approximate surface area is 230 Å². The maximum atomic E-state index is 12.1. The molecule has 0 radical (unpaired) electrons. The van der Waals surface area contributed by atoms with Gasteiger partial charge in [-0.2, -0.15) is 0 Å². The van der Waals surface area contributed by atoms with Crippen LogP contribution in [0.15, 0.2) is 35.3 Å². The monoisotopic (exact) mass is 567 g/mol. The minimum absolute atomic E-state index is 0.0817. The normalized spacial score (nSPS) is 22.3. The van der Waals surface area contributed by atoms with Crippen LogP contribution in [0.4, 0.5) is 4.79 Å². The predicted molar refractivity (Wildman–Crippen MR) is 134 cm³/mol. The summed E-state index contributed by atoms with van der Waals surface area (Å²) in [7, 11) is 0. The molecule has 1 aromatic rings. The lowest BCUT2D eigenvalue weighted by molar-refractivity contribution is -0.316. The molecule has 5 atom stereocenters. The SMILES string of the molecule is CCOC(=O)NC(=NCc1ccccc1)NO[C@@H]1O[C@H](COC(C)=O)[C@H](OC(C)=O)[C@H](OC(C)=O)[C@H]1OC(C)=O. The molecular weight excluding hydrogens is 534 g/mol. The number of carbonyl (C=O) groups excluding carboxylic acids is 5. The molecule has 0 saturated carbocycles. The summed E-state index contributed by atoms with van der Waals surface area (Å²) in [5.74, 6) is -3.24. The second-order valence-electron chi connectivity index (χ2n) is 8.28. The lowest BCUT2D eigenvalue weighted by Crippen LogP contribution is -2.64. The van der Waals surface area contributed by atoms with E-state index in [-0.39, 0.29) is 19.1 Å². The van der Waals surface area contributed by atoms with Crippen molar-refractivity contribution in [1.29, 1.82) is 0 Å². The Hall–Kier alpha value is -4.24. The molecule has 2 rings (SSSR count). The molecule has 0 unspecified atom stereocenters. The third-order valence-corrected chi connectivity index (χ3v) is 4.98. The first-order valence-electron chi connectivity index (χ1n) is 12.2. The van der Waals surface area contributed by atoms with Gasteiger partial charge < -0.3 is 28.4 Å². The van der Waals surface area contributed by atoms with Gasteiger partial charge in [0, 0.05) is 27.7 Å². The molecule has 1 saturated heterocycles. The summed E-state index contributed by atoms with van der Waals surface area (Å²) in [6, 6.07) is 9.07. The van der Waals surface area contributed by atoms with Crippen LogP contribution in [0.3, 0.4) is 0 Å². The molecule has 2 N–H and O–H groups in total. The number of ether oxygens (including phenoxy) is 6. The quantitative estimate of drug-likeness (QED) is 0.134. The Kier molecular flexibility index (Phi) is 12.8. The minimum Gasteiger partial charge on any atom is -0.463 e. The largest absolute Gasteiger partial charge is 0.463 e. The fourth-order valence-corrected chi connectivity index (χ4v) is 3.51. The average molecular weight is 568 g/mol. The molecule has 0 aliphatic carbocycles. The molecule has 1 aliphatic heterocycles. The van der Waals surface area contributed by atoms with Gasteiger partial charge in [0.05, 0.1) is 13.2 Å². The summed E-state index contributed by atoms with van der Waals surface area (Å²) in [5, 5.41) is 2.38. The fourth-order valence-electron chi connectivity index (χ4n) is 3.51. The van der Waals surface area contributed by atoms with Crippen molar-refractivity contribution in [3.63, 3.8) is 0 Å². The third kappa shape index (κ3) is 10.9. The summed E-state index contributed by atoms with van der Waals surface area (Å²) < 4.78 is 31.7. The molecule has 0 bridgehead atoms. The van der Waals surface area contributed by atoms with Crippen LogP contribution < -0.4 is 10.8 Å². The third-order valence-electron chi connectivity index (χ3n) is 4.98. The Morgan fingerprint density at radius 1 is 0.825 bits per heavy atom. The van der Waals surface area contributed by atoms with Crippen molar-refractivity contribution in [1.82, 2.24) is 10.8 Å². The topological polar surface area (TPSA) is 186 Å². The van der Waals surface area contributed by atoms with E-state index in [4.69, 9.17) is 33.3 Å². The fraction of sp³-hybridized carbons (Fsp3) is 0.520. The number of rotatable bonds is 10. The standard InChI is InChI=1S/C25H33N3O12/c1-6-34-25(33)27-24(26-12-18-10-8-7-9-11-18)28-40-23-22(38-17(5)32)21(37-16(4)31)20(36-15(3)30)19(39-23)13-35-14(2)29/h7-11,19-23H,6,12-13H2,1-5H3,(H2,26,27,28,33)/t19-,20+,21+,22-,23+/m1/s1. The van der Waals surface area contributed by atoms with E-state index in [1.807, 2.05) is 30.3 Å². The van der Waals surface area contributed by atoms with E-state index >= 15 is 0 Å². The van der Waals surface area contributed by atoms with E-state index in [0.29, 0.717) is 0 Å². The first-order chi connectivity index (χ1) is 19.0. The molecule has 220 valence electrons. The number of guanidine groups is 1. The highest BCUT2D eigenvalue weighted by molar-refractivity contribution is 5.93. The van der Waals surface area contributed by atoms with Crippen molar-refractivity contribution in [2.24, 2.45) is 4.99 Å². The molecule has 15 nitrogen and oxygen atoms in total. The van der Waals surface area contributed by atoms with Gasteiger partial charge in [0.15, 0.2) is 18.3 Å². The molecule has 15 heteroatoms. The minimum atomic E-state index is -1.55. The van der Waals surface area contributed by atoms with Crippen molar-refractivity contribution >= 4 is 35.9 Å². The molecule has 1 aromatic carbocycles. The van der Waals surface area contributed by atoms with Crippen molar-refractivity contribution in [2.45, 2.75) is 71.9 Å². The van der Waals surface area contributed by atoms with Gasteiger partial charge in [0.25, 0.3) is 0 Å². The smallest absolute Gasteiger partial charge is 0.413 e. The highest BCUT2D eigenvalue weighted by Crippen LogP contribution is 2.29. The summed E-state index contributed by atoms with van der Waals surface area (Å²) in [5.41, 5.74) is 3.24. The highest BCUT2D eigenvalue weighted by Gasteiger charge is 2.53. The maximum Gasteiger partial charge on any atom is 0.413 e. The van der Waals surface area contributed by atoms with E-state index in [2.05, 4.69) is 15.8 Å². The predicted octanol–water partition coefficient (Wildman–Crippen LogP) is 0.893. The number of nitrogens with one attached hydrogen (secondary N) is 2. The van der Waals surface area contributed by atoms with Crippen LogP contribution >= 0.6 is 0 Å². The van der Waals surface area contributed by atoms with Gasteiger partial charge in [-0.3, -0.25) is 24.5 Å². The number of hydrogen-bond acceptors (Lipinski definition) is 13. The van der Waals surface area contributed by atoms with Gasteiger partial charge in [-0.1, -0.05) is 30.3 Å². The van der Waals surface area contributed by atoms with E-state index in [0.717, 1.165) is 33.3 Å². The highest BCUT2D eigenvalue weighted by atomic mass is 16.8. The van der Waals surface area contributed by atoms with Crippen molar-refractivity contribution in [3.8, 4) is 0 Å². The second-order valence-corrected chi connectivity index (χ2v) is 8.28. The molecular formula is C25H33N3O12. The number of alkyl carbamates (subject to hydrolysis) is 1. The Morgan fingerprint density at radius 3 is 2.00 bits per heavy atom. The average Bonchev–Trinajstić information content (AvgIpc) is 2.87. The van der Waals surface area contributed by atoms with E-state index < -0.39 is 67.3 Å². The zero-order valence-corrected chi connectivity index (χ0v) is 22.7. The van der Waals surface area contributed by atoms with E-state index in [1.165, 1.54) is 0 Å². The van der Waals surface area contributed by atoms with Gasteiger partial charge in [0.1, 0.15) is 12.7 Å². The molecule has 1 aliphatic rings. The Morgan fingerprint density at radius 2 is 1.43 bits per heavy atom. The van der Waals surface area contributed by atoms with Crippen LogP contribution in [0, 0.1) is 0 Å². The van der Waals surface area contributed by atoms with Gasteiger partial charge in [0.2, 0.25) is 12.2 Å². The van der Waals surface area contributed by atoms with Gasteiger partial charge in [-0.15, -0.1) is 0 Å². The molecule has 0 spiro atoms. The Bertz CT molecular complexity index is 1060. The van der Waals surface area contributed by atoms with Crippen LogP contribution in [0.5, 0.6) is 0 Å². The summed E-state index contributed by atoms with van der Waals surface area (Å²) >= 11 is 0. The van der Waals surface area contributed by atoms with Crippen LogP contribution in [0.1, 0.15) is 40.2 Å². The molecule has 1 fully saturated rings. The number of benzene rings is 1. The van der Waals surface area contributed by atoms with Crippen molar-refractivity contribution in [3.05, 3.63) is 35.9 Å². The van der Waals surface area contributed by atoms with Crippen LogP contribution in [0.2, 0.25) is 0 Å². The summed E-state index contributed by atoms with van der Waals surface area (Å²) in [4.78, 5) is 69.2. The molecule has 40 heavy (non-hydrogen) atoms. The zero-order chi connectivity index (χ0) is 29.7. The Balaban J connectivity index is 2.38. The molecule has 0 aromatic heterocycles. The number of hydroxylamine groups is 1. The van der Waals surface area contributed by atoms with Gasteiger partial charge in [-0.25, -0.2) is 20.1 Å². The summed E-state index contributed by atoms with van der Waals surface area (Å²) in [6.45, 7) is 5.83. The lowest BCUT2D eigenvalue weighted by atomic mass is 9.98. The number of amides is 1. The van der Waals surface area contributed by atoms with Crippen LogP contribution in [-0.2, 0) is 59.0 Å². The van der Waals surface area contributed by atoms with Crippen molar-refractivity contribution < 1.29 is 57.2 Å². The number of nitrogens with zero attached hydrogens (tertiary/aromatic N) is 1. The number of esters is 4. The van der Waals surface area contributed by atoms with E-state index in [9.17, 15) is 24.0 Å². The zero-order valence-electron chi connectivity index (χ0n) is 22.7. The summed E-state index contributed by atoms with van der Waals surface area (Å²) in [6.07, 6.45) is -7.88. The van der Waals surface area contributed by atoms with Crippen LogP contribution in [-0.4, -0.2) is 79.8 Å². The first-order valence-corrected chi connectivity index (χ1v) is 12.2. The number of carbonyl (C=O) groups is 5. The first kappa shape index (κ1) is 32.0. The van der Waals surface area contributed by atoms with Crippen LogP contribution in [0.25, 0.3) is 0 Å². The number of aliphatic imine (C=N–C) groups is 1. The van der Waals surface area contributed by atoms with Gasteiger partial charge >= 0.3 is 30.0 Å². The van der Waals surface area contributed by atoms with Gasteiger partial charge in [-0.05, 0) is 12.5 Å². The lowest BCUT2D eigenvalue weighted by Gasteiger charge is -2.43. The number of hydrogen-bond donors (Lipinski definition) is 2. The second kappa shape index (κ2) is 16.0. The van der Waals surface area contributed by atoms with E-state index in [1.54, 1.807) is 6.92 Å². The van der Waals surface area contributed by atoms with Crippen molar-refractivity contribution in [2.75, 3.05) is 13.2 Å².